The van der Waals surface area contributed by atoms with Gasteiger partial charge in [0.2, 0.25) is 11.8 Å². The standard InChI is InChI=1S/C12H20N4O2/c1-8(2)16-6-9(13)10(7-16)18-12-5-4-11(17-3)14-15-12/h4-5,8-10H,6-7,13H2,1-3H3. The van der Waals surface area contributed by atoms with Gasteiger partial charge in [-0.2, -0.15) is 0 Å². The van der Waals surface area contributed by atoms with Crippen molar-refractivity contribution in [3.63, 3.8) is 0 Å². The molecule has 0 saturated carbocycles. The van der Waals surface area contributed by atoms with Crippen molar-refractivity contribution in [2.75, 3.05) is 20.2 Å². The fourth-order valence-corrected chi connectivity index (χ4v) is 2.01. The lowest BCUT2D eigenvalue weighted by Gasteiger charge is -2.19. The van der Waals surface area contributed by atoms with Gasteiger partial charge in [0.05, 0.1) is 13.2 Å². The molecule has 6 heteroatoms. The molecule has 0 bridgehead atoms. The normalized spacial score (nSPS) is 24.5. The topological polar surface area (TPSA) is 73.5 Å². The molecule has 0 radical (unpaired) electrons. The van der Waals surface area contributed by atoms with Crippen LogP contribution < -0.4 is 15.2 Å². The van der Waals surface area contributed by atoms with E-state index in [4.69, 9.17) is 15.2 Å². The molecule has 2 unspecified atom stereocenters. The molecular formula is C12H20N4O2. The van der Waals surface area contributed by atoms with Crippen molar-refractivity contribution in [1.82, 2.24) is 15.1 Å². The number of likely N-dealkylation sites (tertiary alicyclic amines) is 1. The Morgan fingerprint density at radius 1 is 1.28 bits per heavy atom. The van der Waals surface area contributed by atoms with Gasteiger partial charge in [-0.3, -0.25) is 4.90 Å². The van der Waals surface area contributed by atoms with E-state index in [0.29, 0.717) is 17.8 Å². The van der Waals surface area contributed by atoms with Crippen molar-refractivity contribution in [3.05, 3.63) is 12.1 Å². The van der Waals surface area contributed by atoms with Crippen LogP contribution in [0, 0.1) is 0 Å². The largest absolute Gasteiger partial charge is 0.480 e. The summed E-state index contributed by atoms with van der Waals surface area (Å²) in [6, 6.07) is 3.96. The van der Waals surface area contributed by atoms with E-state index in [1.54, 1.807) is 19.2 Å². The minimum Gasteiger partial charge on any atom is -0.480 e. The summed E-state index contributed by atoms with van der Waals surface area (Å²) in [5.74, 6) is 0.962. The smallest absolute Gasteiger partial charge is 0.234 e. The summed E-state index contributed by atoms with van der Waals surface area (Å²) in [5, 5.41) is 7.81. The molecule has 1 saturated heterocycles. The second-order valence-corrected chi connectivity index (χ2v) is 4.78. The number of hydrogen-bond donors (Lipinski definition) is 1. The zero-order valence-corrected chi connectivity index (χ0v) is 11.0. The van der Waals surface area contributed by atoms with E-state index in [1.165, 1.54) is 0 Å². The van der Waals surface area contributed by atoms with Gasteiger partial charge in [0.25, 0.3) is 0 Å². The first-order valence-electron chi connectivity index (χ1n) is 6.14. The average Bonchev–Trinajstić information content (AvgIpc) is 2.72. The van der Waals surface area contributed by atoms with Gasteiger partial charge in [-0.15, -0.1) is 10.2 Å². The molecular weight excluding hydrogens is 232 g/mol. The lowest BCUT2D eigenvalue weighted by Crippen LogP contribution is -2.37. The molecule has 2 atom stereocenters. The summed E-state index contributed by atoms with van der Waals surface area (Å²) in [5.41, 5.74) is 6.07. The number of nitrogens with two attached hydrogens (primary N) is 1. The molecule has 2 rings (SSSR count). The van der Waals surface area contributed by atoms with Crippen molar-refractivity contribution in [2.45, 2.75) is 32.0 Å². The quantitative estimate of drug-likeness (QED) is 0.830. The summed E-state index contributed by atoms with van der Waals surface area (Å²) in [7, 11) is 1.55. The molecule has 18 heavy (non-hydrogen) atoms. The molecule has 6 nitrogen and oxygen atoms in total. The highest BCUT2D eigenvalue weighted by atomic mass is 16.5. The minimum absolute atomic E-state index is 0.0105. The molecule has 1 aromatic heterocycles. The van der Waals surface area contributed by atoms with Crippen molar-refractivity contribution < 1.29 is 9.47 Å². The van der Waals surface area contributed by atoms with E-state index in [1.807, 2.05) is 0 Å². The molecule has 1 aliphatic rings. The molecule has 0 aromatic carbocycles. The zero-order chi connectivity index (χ0) is 13.1. The molecule has 1 aliphatic heterocycles. The van der Waals surface area contributed by atoms with Crippen LogP contribution in [0.15, 0.2) is 12.1 Å². The van der Waals surface area contributed by atoms with Crippen LogP contribution in [0.4, 0.5) is 0 Å². The number of ether oxygens (including phenoxy) is 2. The van der Waals surface area contributed by atoms with E-state index in [-0.39, 0.29) is 12.1 Å². The Bertz CT molecular complexity index is 382. The Kier molecular flexibility index (Phi) is 3.98. The van der Waals surface area contributed by atoms with Gasteiger partial charge >= 0.3 is 0 Å². The maximum absolute atomic E-state index is 6.07. The van der Waals surface area contributed by atoms with Crippen molar-refractivity contribution in [3.8, 4) is 11.8 Å². The minimum atomic E-state index is -0.0323. The molecule has 100 valence electrons. The Labute approximate surface area is 107 Å². The van der Waals surface area contributed by atoms with Crippen LogP contribution in [0.25, 0.3) is 0 Å². The Morgan fingerprint density at radius 3 is 2.44 bits per heavy atom. The van der Waals surface area contributed by atoms with Gasteiger partial charge in [0.15, 0.2) is 0 Å². The van der Waals surface area contributed by atoms with Crippen LogP contribution in [-0.4, -0.2) is 53.5 Å². The maximum atomic E-state index is 6.07. The predicted octanol–water partition coefficient (Wildman–Crippen LogP) is 0.284. The second-order valence-electron chi connectivity index (χ2n) is 4.78. The fraction of sp³-hybridized carbons (Fsp3) is 0.667. The third kappa shape index (κ3) is 2.88. The number of aromatic nitrogens is 2. The monoisotopic (exact) mass is 252 g/mol. The van der Waals surface area contributed by atoms with E-state index < -0.39 is 0 Å². The van der Waals surface area contributed by atoms with Gasteiger partial charge in [-0.1, -0.05) is 0 Å². The Hall–Kier alpha value is -1.40. The van der Waals surface area contributed by atoms with Gasteiger partial charge in [-0.25, -0.2) is 0 Å². The summed E-state index contributed by atoms with van der Waals surface area (Å²) in [6.07, 6.45) is -0.0323. The first kappa shape index (κ1) is 13.0. The SMILES string of the molecule is COc1ccc(OC2CN(C(C)C)CC2N)nn1. The van der Waals surface area contributed by atoms with E-state index in [2.05, 4.69) is 28.9 Å². The van der Waals surface area contributed by atoms with Crippen LogP contribution in [-0.2, 0) is 0 Å². The molecule has 1 fully saturated rings. The van der Waals surface area contributed by atoms with Crippen LogP contribution in [0.5, 0.6) is 11.8 Å². The lowest BCUT2D eigenvalue weighted by atomic mass is 10.2. The molecule has 2 N–H and O–H groups in total. The van der Waals surface area contributed by atoms with E-state index >= 15 is 0 Å². The molecule has 1 aromatic rings. The summed E-state index contributed by atoms with van der Waals surface area (Å²) in [6.45, 7) is 5.99. The zero-order valence-electron chi connectivity index (χ0n) is 11.0. The van der Waals surface area contributed by atoms with Crippen LogP contribution in [0.2, 0.25) is 0 Å². The van der Waals surface area contributed by atoms with Crippen LogP contribution >= 0.6 is 0 Å². The number of rotatable bonds is 4. The maximum Gasteiger partial charge on any atom is 0.234 e. The highest BCUT2D eigenvalue weighted by molar-refractivity contribution is 5.16. The number of hydrogen-bond acceptors (Lipinski definition) is 6. The van der Waals surface area contributed by atoms with Crippen LogP contribution in [0.3, 0.4) is 0 Å². The number of methoxy groups -OCH3 is 1. The molecule has 0 amide bonds. The Morgan fingerprint density at radius 2 is 1.94 bits per heavy atom. The summed E-state index contributed by atoms with van der Waals surface area (Å²) < 4.78 is 10.7. The predicted molar refractivity (Wildman–Crippen MR) is 67.7 cm³/mol. The third-order valence-corrected chi connectivity index (χ3v) is 3.16. The van der Waals surface area contributed by atoms with Gasteiger partial charge in [0, 0.05) is 31.3 Å². The first-order chi connectivity index (χ1) is 8.60. The first-order valence-corrected chi connectivity index (χ1v) is 6.14. The summed E-state index contributed by atoms with van der Waals surface area (Å²) in [4.78, 5) is 2.30. The van der Waals surface area contributed by atoms with Gasteiger partial charge < -0.3 is 15.2 Å². The van der Waals surface area contributed by atoms with Gasteiger partial charge in [0.1, 0.15) is 6.10 Å². The van der Waals surface area contributed by atoms with Crippen molar-refractivity contribution >= 4 is 0 Å². The highest BCUT2D eigenvalue weighted by Gasteiger charge is 2.33. The van der Waals surface area contributed by atoms with E-state index in [9.17, 15) is 0 Å². The molecule has 0 spiro atoms. The summed E-state index contributed by atoms with van der Waals surface area (Å²) >= 11 is 0. The average molecular weight is 252 g/mol. The van der Waals surface area contributed by atoms with Crippen molar-refractivity contribution in [2.24, 2.45) is 5.73 Å². The van der Waals surface area contributed by atoms with Gasteiger partial charge in [-0.05, 0) is 13.8 Å². The molecule has 2 heterocycles. The lowest BCUT2D eigenvalue weighted by molar-refractivity contribution is 0.172. The molecule has 0 aliphatic carbocycles. The highest BCUT2D eigenvalue weighted by Crippen LogP contribution is 2.18. The Balaban J connectivity index is 1.96. The van der Waals surface area contributed by atoms with E-state index in [0.717, 1.165) is 13.1 Å². The third-order valence-electron chi connectivity index (χ3n) is 3.16. The number of nitrogens with zero attached hydrogens (tertiary/aromatic N) is 3. The second kappa shape index (κ2) is 5.49. The van der Waals surface area contributed by atoms with Crippen LogP contribution in [0.1, 0.15) is 13.8 Å². The fourth-order valence-electron chi connectivity index (χ4n) is 2.01. The van der Waals surface area contributed by atoms with Crippen molar-refractivity contribution in [1.29, 1.82) is 0 Å².